The number of aliphatic carboxylic acids is 1. The van der Waals surface area contributed by atoms with Gasteiger partial charge in [-0.25, -0.2) is 9.59 Å². The molecule has 0 aliphatic carbocycles. The van der Waals surface area contributed by atoms with E-state index in [1.165, 1.54) is 13.2 Å². The summed E-state index contributed by atoms with van der Waals surface area (Å²) in [5.41, 5.74) is 1.26. The molecule has 2 unspecified atom stereocenters. The van der Waals surface area contributed by atoms with Gasteiger partial charge in [0.1, 0.15) is 24.2 Å². The molecule has 0 fully saturated rings. The summed E-state index contributed by atoms with van der Waals surface area (Å²) >= 11 is 0. The van der Waals surface area contributed by atoms with Crippen LogP contribution in [0.1, 0.15) is 56.5 Å². The van der Waals surface area contributed by atoms with Crippen LogP contribution in [0.25, 0.3) is 0 Å². The van der Waals surface area contributed by atoms with Crippen LogP contribution in [0.2, 0.25) is 0 Å². The Morgan fingerprint density at radius 2 is 1.84 bits per heavy atom. The Morgan fingerprint density at radius 3 is 2.39 bits per heavy atom. The summed E-state index contributed by atoms with van der Waals surface area (Å²) in [6.45, 7) is 8.29. The van der Waals surface area contributed by atoms with Crippen molar-refractivity contribution in [3.8, 4) is 5.75 Å². The van der Waals surface area contributed by atoms with Crippen molar-refractivity contribution in [1.82, 2.24) is 0 Å². The van der Waals surface area contributed by atoms with Crippen molar-refractivity contribution in [3.63, 3.8) is 0 Å². The average molecular weight is 437 g/mol. The number of methoxy groups -OCH3 is 2. The maximum absolute atomic E-state index is 13.2. The second-order valence-corrected chi connectivity index (χ2v) is 8.19. The fraction of sp³-hybridized carbons (Fsp3) is 0.583. The highest BCUT2D eigenvalue weighted by atomic mass is 16.7. The summed E-state index contributed by atoms with van der Waals surface area (Å²) in [4.78, 5) is 24.1. The number of carboxylic acid groups (broad SMARTS) is 1. The molecule has 0 aliphatic rings. The second-order valence-electron chi connectivity index (χ2n) is 8.19. The van der Waals surface area contributed by atoms with Crippen LogP contribution in [0.15, 0.2) is 30.4 Å². The lowest BCUT2D eigenvalue weighted by molar-refractivity contribution is -0.131. The second kappa shape index (κ2) is 13.8. The zero-order chi connectivity index (χ0) is 23.4. The zero-order valence-corrected chi connectivity index (χ0v) is 19.4. The molecule has 2 atom stereocenters. The Hall–Kier alpha value is -2.38. The molecule has 0 bridgehead atoms. The topological polar surface area (TPSA) is 91.3 Å². The Morgan fingerprint density at radius 1 is 1.13 bits per heavy atom. The number of esters is 1. The van der Waals surface area contributed by atoms with Gasteiger partial charge in [-0.05, 0) is 29.9 Å². The van der Waals surface area contributed by atoms with Crippen molar-refractivity contribution < 1.29 is 33.6 Å². The molecule has 1 N–H and O–H groups in total. The van der Waals surface area contributed by atoms with Crippen LogP contribution in [-0.2, 0) is 25.4 Å². The van der Waals surface area contributed by atoms with E-state index >= 15 is 0 Å². The van der Waals surface area contributed by atoms with Crippen molar-refractivity contribution in [2.45, 2.75) is 59.2 Å². The van der Waals surface area contributed by atoms with E-state index in [9.17, 15) is 9.59 Å². The third kappa shape index (κ3) is 9.53. The SMILES string of the molecule is COCOC(CC(C/C=C/C(=O)O)OC(=O)c1c(CC(C)C)cccc1OC)C(C)C. The number of benzene rings is 1. The highest BCUT2D eigenvalue weighted by Crippen LogP contribution is 2.27. The van der Waals surface area contributed by atoms with Crippen LogP contribution in [0.5, 0.6) is 5.75 Å². The van der Waals surface area contributed by atoms with Crippen molar-refractivity contribution in [2.24, 2.45) is 11.8 Å². The summed E-state index contributed by atoms with van der Waals surface area (Å²) < 4.78 is 22.0. The maximum atomic E-state index is 13.2. The molecule has 0 aromatic heterocycles. The molecule has 1 rings (SSSR count). The highest BCUT2D eigenvalue weighted by molar-refractivity contribution is 5.94. The van der Waals surface area contributed by atoms with Crippen molar-refractivity contribution in [1.29, 1.82) is 0 Å². The smallest absolute Gasteiger partial charge is 0.342 e. The van der Waals surface area contributed by atoms with Gasteiger partial charge in [-0.15, -0.1) is 0 Å². The molecule has 1 aromatic carbocycles. The van der Waals surface area contributed by atoms with E-state index in [0.29, 0.717) is 30.1 Å². The minimum absolute atomic E-state index is 0.125. The van der Waals surface area contributed by atoms with Gasteiger partial charge in [-0.1, -0.05) is 45.9 Å². The fourth-order valence-corrected chi connectivity index (χ4v) is 3.26. The number of hydrogen-bond donors (Lipinski definition) is 1. The fourth-order valence-electron chi connectivity index (χ4n) is 3.26. The first-order valence-corrected chi connectivity index (χ1v) is 10.6. The van der Waals surface area contributed by atoms with Crippen LogP contribution >= 0.6 is 0 Å². The van der Waals surface area contributed by atoms with E-state index in [1.54, 1.807) is 13.2 Å². The standard InChI is InChI=1S/C24H36O7/c1-16(2)13-18-9-7-11-20(29-6)23(18)24(27)31-19(10-8-12-22(25)26)14-21(17(3)4)30-15-28-5/h7-9,11-12,16-17,19,21H,10,13-15H2,1-6H3,(H,25,26)/b12-8+. The summed E-state index contributed by atoms with van der Waals surface area (Å²) in [5, 5.41) is 8.91. The predicted octanol–water partition coefficient (Wildman–Crippen LogP) is 4.49. The van der Waals surface area contributed by atoms with E-state index in [1.807, 2.05) is 26.0 Å². The van der Waals surface area contributed by atoms with Crippen molar-refractivity contribution in [3.05, 3.63) is 41.5 Å². The first-order chi connectivity index (χ1) is 14.7. The van der Waals surface area contributed by atoms with Gasteiger partial charge < -0.3 is 24.1 Å². The molecule has 31 heavy (non-hydrogen) atoms. The molecule has 7 nitrogen and oxygen atoms in total. The monoisotopic (exact) mass is 436 g/mol. The van der Waals surface area contributed by atoms with Crippen LogP contribution in [0, 0.1) is 11.8 Å². The third-order valence-corrected chi connectivity index (χ3v) is 4.74. The van der Waals surface area contributed by atoms with Crippen molar-refractivity contribution >= 4 is 11.9 Å². The van der Waals surface area contributed by atoms with Gasteiger partial charge in [-0.2, -0.15) is 0 Å². The molecule has 7 heteroatoms. The molecule has 0 radical (unpaired) electrons. The Labute approximate surface area is 185 Å². The van der Waals surface area contributed by atoms with Crippen LogP contribution < -0.4 is 4.74 Å². The average Bonchev–Trinajstić information content (AvgIpc) is 2.69. The minimum atomic E-state index is -1.05. The van der Waals surface area contributed by atoms with E-state index < -0.39 is 18.0 Å². The summed E-state index contributed by atoms with van der Waals surface area (Å²) in [7, 11) is 3.06. The molecule has 0 spiro atoms. The predicted molar refractivity (Wildman–Crippen MR) is 118 cm³/mol. The summed E-state index contributed by atoms with van der Waals surface area (Å²) in [6, 6.07) is 5.49. The summed E-state index contributed by atoms with van der Waals surface area (Å²) in [6.07, 6.45) is 3.13. The molecule has 0 saturated heterocycles. The van der Waals surface area contributed by atoms with Crippen LogP contribution in [0.4, 0.5) is 0 Å². The first-order valence-electron chi connectivity index (χ1n) is 10.6. The molecular formula is C24H36O7. The van der Waals surface area contributed by atoms with E-state index in [0.717, 1.165) is 11.6 Å². The van der Waals surface area contributed by atoms with Gasteiger partial charge in [0.25, 0.3) is 0 Å². The van der Waals surface area contributed by atoms with E-state index in [-0.39, 0.29) is 25.2 Å². The molecule has 0 heterocycles. The van der Waals surface area contributed by atoms with Crippen LogP contribution in [-0.4, -0.2) is 50.3 Å². The number of rotatable bonds is 14. The van der Waals surface area contributed by atoms with Gasteiger partial charge in [0.05, 0.1) is 13.2 Å². The third-order valence-electron chi connectivity index (χ3n) is 4.74. The highest BCUT2D eigenvalue weighted by Gasteiger charge is 2.26. The maximum Gasteiger partial charge on any atom is 0.342 e. The quantitative estimate of drug-likeness (QED) is 0.261. The van der Waals surface area contributed by atoms with E-state index in [4.69, 9.17) is 24.1 Å². The molecule has 1 aromatic rings. The lowest BCUT2D eigenvalue weighted by atomic mass is 9.96. The minimum Gasteiger partial charge on any atom is -0.496 e. The van der Waals surface area contributed by atoms with Gasteiger partial charge in [0.2, 0.25) is 0 Å². The van der Waals surface area contributed by atoms with Gasteiger partial charge in [0, 0.05) is 26.0 Å². The van der Waals surface area contributed by atoms with Gasteiger partial charge in [0.15, 0.2) is 0 Å². The number of carbonyl (C=O) groups is 2. The van der Waals surface area contributed by atoms with Crippen LogP contribution in [0.3, 0.4) is 0 Å². The molecule has 0 amide bonds. The van der Waals surface area contributed by atoms with Gasteiger partial charge in [-0.3, -0.25) is 0 Å². The zero-order valence-electron chi connectivity index (χ0n) is 19.4. The number of carboxylic acids is 1. The number of hydrogen-bond acceptors (Lipinski definition) is 6. The molecule has 0 saturated carbocycles. The van der Waals surface area contributed by atoms with E-state index in [2.05, 4.69) is 13.8 Å². The molecular weight excluding hydrogens is 400 g/mol. The lowest BCUT2D eigenvalue weighted by Gasteiger charge is -2.26. The number of carbonyl (C=O) groups excluding carboxylic acids is 1. The largest absolute Gasteiger partial charge is 0.496 e. The first kappa shape index (κ1) is 26.7. The molecule has 174 valence electrons. The van der Waals surface area contributed by atoms with Crippen molar-refractivity contribution in [2.75, 3.05) is 21.0 Å². The number of ether oxygens (including phenoxy) is 4. The Kier molecular flexibility index (Phi) is 11.9. The Bertz CT molecular complexity index is 725. The normalized spacial score (nSPS) is 13.5. The Balaban J connectivity index is 3.14. The van der Waals surface area contributed by atoms with Gasteiger partial charge >= 0.3 is 11.9 Å². The lowest BCUT2D eigenvalue weighted by Crippen LogP contribution is -2.30. The molecule has 0 aliphatic heterocycles. The summed E-state index contributed by atoms with van der Waals surface area (Å²) in [5.74, 6) is -0.580.